The molecule has 1 heterocycles. The van der Waals surface area contributed by atoms with E-state index in [-0.39, 0.29) is 18.0 Å². The Hall–Kier alpha value is -1.62. The Kier molecular flexibility index (Phi) is 4.37. The van der Waals surface area contributed by atoms with E-state index in [9.17, 15) is 9.59 Å². The minimum Gasteiger partial charge on any atom is -0.299 e. The van der Waals surface area contributed by atoms with Crippen LogP contribution in [0.15, 0.2) is 45.9 Å². The van der Waals surface area contributed by atoms with Crippen molar-refractivity contribution in [3.05, 3.63) is 57.2 Å². The minimum atomic E-state index is -0.132. The van der Waals surface area contributed by atoms with E-state index in [2.05, 4.69) is 15.9 Å². The van der Waals surface area contributed by atoms with Gasteiger partial charge in [-0.05, 0) is 18.6 Å². The number of Topliss-reactive ketones (excluding diaryl/α,β-unsaturated/α-hetero) is 1. The average molecular weight is 323 g/mol. The molecule has 0 saturated carbocycles. The zero-order valence-corrected chi connectivity index (χ0v) is 12.3. The van der Waals surface area contributed by atoms with Gasteiger partial charge in [0.2, 0.25) is 0 Å². The number of nitrogens with zero attached hydrogens (tertiary/aromatic N) is 2. The fourth-order valence-electron chi connectivity index (χ4n) is 1.87. The number of imidazole rings is 1. The Morgan fingerprint density at radius 3 is 2.42 bits per heavy atom. The average Bonchev–Trinajstić information content (AvgIpc) is 2.73. The monoisotopic (exact) mass is 322 g/mol. The second-order valence-electron chi connectivity index (χ2n) is 4.33. The quantitative estimate of drug-likeness (QED) is 0.794. The summed E-state index contributed by atoms with van der Waals surface area (Å²) in [5.41, 5.74) is 0.477. The summed E-state index contributed by atoms with van der Waals surface area (Å²) in [7, 11) is 0. The molecule has 0 atom stereocenters. The molecular formula is C14H15BrN2O2. The number of ketones is 1. The maximum absolute atomic E-state index is 12.1. The largest absolute Gasteiger partial charge is 0.328 e. The number of halogens is 1. The number of aryl methyl sites for hydroxylation is 1. The van der Waals surface area contributed by atoms with Gasteiger partial charge in [-0.3, -0.25) is 13.9 Å². The molecule has 4 nitrogen and oxygen atoms in total. The van der Waals surface area contributed by atoms with E-state index in [1.807, 2.05) is 19.1 Å². The molecule has 0 saturated heterocycles. The third kappa shape index (κ3) is 3.23. The Bertz CT molecular complexity index is 626. The van der Waals surface area contributed by atoms with E-state index in [1.165, 1.54) is 4.57 Å². The van der Waals surface area contributed by atoms with Crippen LogP contribution in [0.1, 0.15) is 23.7 Å². The first-order valence-corrected chi connectivity index (χ1v) is 6.95. The summed E-state index contributed by atoms with van der Waals surface area (Å²) in [6.07, 6.45) is 4.28. The first kappa shape index (κ1) is 13.8. The minimum absolute atomic E-state index is 0.0659. The standard InChI is InChI=1S/C14H15BrN2O2/c1-2-7-16-8-9-17(14(16)19)10-13(18)11-3-5-12(15)6-4-11/h3-6,8-9H,2,7,10H2,1H3. The lowest BCUT2D eigenvalue weighted by molar-refractivity contribution is 0.0970. The third-order valence-electron chi connectivity index (χ3n) is 2.86. The van der Waals surface area contributed by atoms with E-state index >= 15 is 0 Å². The highest BCUT2D eigenvalue weighted by Crippen LogP contribution is 2.11. The lowest BCUT2D eigenvalue weighted by Gasteiger charge is -2.02. The molecule has 0 aliphatic rings. The van der Waals surface area contributed by atoms with Crippen molar-refractivity contribution in [1.82, 2.24) is 9.13 Å². The van der Waals surface area contributed by atoms with Crippen LogP contribution in [0.5, 0.6) is 0 Å². The summed E-state index contributed by atoms with van der Waals surface area (Å²) >= 11 is 3.32. The lowest BCUT2D eigenvalue weighted by atomic mass is 10.1. The van der Waals surface area contributed by atoms with Crippen molar-refractivity contribution < 1.29 is 4.79 Å². The van der Waals surface area contributed by atoms with E-state index in [4.69, 9.17) is 0 Å². The Morgan fingerprint density at radius 1 is 1.16 bits per heavy atom. The number of carbonyl (C=O) groups excluding carboxylic acids is 1. The summed E-state index contributed by atoms with van der Waals surface area (Å²) in [6, 6.07) is 7.14. The normalized spacial score (nSPS) is 10.6. The zero-order valence-electron chi connectivity index (χ0n) is 10.7. The highest BCUT2D eigenvalue weighted by Gasteiger charge is 2.09. The molecule has 1 aromatic carbocycles. The van der Waals surface area contributed by atoms with Gasteiger partial charge in [-0.15, -0.1) is 0 Å². The van der Waals surface area contributed by atoms with Crippen molar-refractivity contribution in [2.45, 2.75) is 26.4 Å². The SMILES string of the molecule is CCCn1ccn(CC(=O)c2ccc(Br)cc2)c1=O. The number of aromatic nitrogens is 2. The number of rotatable bonds is 5. The second kappa shape index (κ2) is 6.02. The molecule has 2 aromatic rings. The van der Waals surface area contributed by atoms with Crippen LogP contribution < -0.4 is 5.69 Å². The maximum Gasteiger partial charge on any atom is 0.328 e. The first-order chi connectivity index (χ1) is 9.11. The molecule has 0 amide bonds. The van der Waals surface area contributed by atoms with Crippen LogP contribution in [0, 0.1) is 0 Å². The van der Waals surface area contributed by atoms with Crippen LogP contribution >= 0.6 is 15.9 Å². The van der Waals surface area contributed by atoms with Gasteiger partial charge < -0.3 is 0 Å². The van der Waals surface area contributed by atoms with Crippen molar-refractivity contribution in [3.8, 4) is 0 Å². The molecule has 19 heavy (non-hydrogen) atoms. The van der Waals surface area contributed by atoms with Gasteiger partial charge in [-0.2, -0.15) is 0 Å². The highest BCUT2D eigenvalue weighted by atomic mass is 79.9. The molecular weight excluding hydrogens is 308 g/mol. The van der Waals surface area contributed by atoms with Crippen LogP contribution in [-0.4, -0.2) is 14.9 Å². The molecule has 0 bridgehead atoms. The number of hydrogen-bond acceptors (Lipinski definition) is 2. The van der Waals surface area contributed by atoms with Gasteiger partial charge in [0.15, 0.2) is 5.78 Å². The molecule has 0 aliphatic carbocycles. The molecule has 100 valence electrons. The predicted octanol–water partition coefficient (Wildman–Crippen LogP) is 2.71. The van der Waals surface area contributed by atoms with Gasteiger partial charge in [-0.25, -0.2) is 4.79 Å². The summed E-state index contributed by atoms with van der Waals surface area (Å²) in [5.74, 6) is -0.0659. The van der Waals surface area contributed by atoms with E-state index in [0.29, 0.717) is 12.1 Å². The van der Waals surface area contributed by atoms with Crippen molar-refractivity contribution >= 4 is 21.7 Å². The summed E-state index contributed by atoms with van der Waals surface area (Å²) in [5, 5.41) is 0. The molecule has 0 unspecified atom stereocenters. The fourth-order valence-corrected chi connectivity index (χ4v) is 2.13. The number of hydrogen-bond donors (Lipinski definition) is 0. The van der Waals surface area contributed by atoms with E-state index in [1.54, 1.807) is 29.1 Å². The third-order valence-corrected chi connectivity index (χ3v) is 3.39. The molecule has 0 radical (unpaired) electrons. The Labute approximate surface area is 119 Å². The molecule has 0 spiro atoms. The van der Waals surface area contributed by atoms with Gasteiger partial charge in [0.25, 0.3) is 0 Å². The zero-order chi connectivity index (χ0) is 13.8. The molecule has 2 rings (SSSR count). The summed E-state index contributed by atoms with van der Waals surface area (Å²) < 4.78 is 3.99. The van der Waals surface area contributed by atoms with E-state index in [0.717, 1.165) is 10.9 Å². The van der Waals surface area contributed by atoms with Crippen LogP contribution in [0.2, 0.25) is 0 Å². The van der Waals surface area contributed by atoms with Gasteiger partial charge in [0.1, 0.15) is 0 Å². The molecule has 5 heteroatoms. The van der Waals surface area contributed by atoms with Gasteiger partial charge >= 0.3 is 5.69 Å². The molecule has 0 N–H and O–H groups in total. The lowest BCUT2D eigenvalue weighted by Crippen LogP contribution is -2.26. The molecule has 0 fully saturated rings. The topological polar surface area (TPSA) is 44.0 Å². The Morgan fingerprint density at radius 2 is 1.79 bits per heavy atom. The van der Waals surface area contributed by atoms with E-state index < -0.39 is 0 Å². The van der Waals surface area contributed by atoms with Crippen LogP contribution in [-0.2, 0) is 13.1 Å². The maximum atomic E-state index is 12.1. The Balaban J connectivity index is 2.15. The van der Waals surface area contributed by atoms with Crippen LogP contribution in [0.25, 0.3) is 0 Å². The number of carbonyl (C=O) groups is 1. The van der Waals surface area contributed by atoms with Crippen LogP contribution in [0.3, 0.4) is 0 Å². The number of benzene rings is 1. The summed E-state index contributed by atoms with van der Waals surface area (Å²) in [4.78, 5) is 24.0. The molecule has 1 aromatic heterocycles. The van der Waals surface area contributed by atoms with Gasteiger partial charge in [0.05, 0.1) is 6.54 Å². The van der Waals surface area contributed by atoms with Gasteiger partial charge in [-0.1, -0.05) is 35.0 Å². The van der Waals surface area contributed by atoms with Crippen LogP contribution in [0.4, 0.5) is 0 Å². The highest BCUT2D eigenvalue weighted by molar-refractivity contribution is 9.10. The second-order valence-corrected chi connectivity index (χ2v) is 5.25. The predicted molar refractivity (Wildman–Crippen MR) is 77.5 cm³/mol. The van der Waals surface area contributed by atoms with Crippen molar-refractivity contribution in [3.63, 3.8) is 0 Å². The van der Waals surface area contributed by atoms with Crippen molar-refractivity contribution in [2.75, 3.05) is 0 Å². The molecule has 0 aliphatic heterocycles. The first-order valence-electron chi connectivity index (χ1n) is 6.16. The summed E-state index contributed by atoms with van der Waals surface area (Å²) in [6.45, 7) is 2.77. The van der Waals surface area contributed by atoms with Gasteiger partial charge in [0, 0.05) is 29.0 Å². The smallest absolute Gasteiger partial charge is 0.299 e. The fraction of sp³-hybridized carbons (Fsp3) is 0.286. The van der Waals surface area contributed by atoms with Crippen molar-refractivity contribution in [2.24, 2.45) is 0 Å². The van der Waals surface area contributed by atoms with Crippen molar-refractivity contribution in [1.29, 1.82) is 0 Å².